The largest absolute Gasteiger partial charge is 0.480 e. The van der Waals surface area contributed by atoms with Gasteiger partial charge < -0.3 is 38.3 Å². The third-order valence-electron chi connectivity index (χ3n) is 4.27. The van der Waals surface area contributed by atoms with E-state index in [0.717, 1.165) is 0 Å². The first kappa shape index (κ1) is 30.5. The average Bonchev–Trinajstić information content (AvgIpc) is 2.72. The number of hydrogen-bond acceptors (Lipinski definition) is 9. The normalized spacial score (nSPS) is 14.3. The van der Waals surface area contributed by atoms with Crippen molar-refractivity contribution in [3.63, 3.8) is 0 Å². The van der Waals surface area contributed by atoms with E-state index in [-0.39, 0.29) is 6.42 Å². The average molecular weight is 509 g/mol. The number of nitrogens with one attached hydrogen (secondary N) is 3. The van der Waals surface area contributed by atoms with Crippen molar-refractivity contribution in [3.05, 3.63) is 0 Å². The van der Waals surface area contributed by atoms with Gasteiger partial charge in [0.15, 0.2) is 0 Å². The molecule has 10 N–H and O–H groups in total. The van der Waals surface area contributed by atoms with Crippen LogP contribution in [0.4, 0.5) is 0 Å². The number of thioether (sulfide) groups is 2. The summed E-state index contributed by atoms with van der Waals surface area (Å²) in [5.74, 6) is -4.70. The Hall–Kier alpha value is -2.52. The summed E-state index contributed by atoms with van der Waals surface area (Å²) in [6.07, 6.45) is 2.93. The maximum absolute atomic E-state index is 12.8. The fourth-order valence-electron chi connectivity index (χ4n) is 2.52. The van der Waals surface area contributed by atoms with Crippen LogP contribution < -0.4 is 33.2 Å². The molecule has 13 nitrogen and oxygen atoms in total. The Morgan fingerprint density at radius 2 is 1.15 bits per heavy atom. The van der Waals surface area contributed by atoms with Gasteiger partial charge >= 0.3 is 5.97 Å². The Morgan fingerprint density at radius 1 is 0.727 bits per heavy atom. The zero-order valence-electron chi connectivity index (χ0n) is 18.5. The first-order valence-corrected chi connectivity index (χ1v) is 12.7. The van der Waals surface area contributed by atoms with Crippen molar-refractivity contribution in [1.29, 1.82) is 0 Å². The first-order valence-electron chi connectivity index (χ1n) is 9.86. The van der Waals surface area contributed by atoms with E-state index in [1.54, 1.807) is 6.26 Å². The molecule has 0 aromatic heterocycles. The fraction of sp³-hybridized carbons (Fsp3) is 0.667. The number of carbonyl (C=O) groups excluding carboxylic acids is 5. The van der Waals surface area contributed by atoms with Crippen LogP contribution in [-0.4, -0.2) is 88.8 Å². The second-order valence-corrected chi connectivity index (χ2v) is 9.00. The Morgan fingerprint density at radius 3 is 1.64 bits per heavy atom. The van der Waals surface area contributed by atoms with E-state index in [1.807, 2.05) is 11.6 Å². The molecule has 0 rings (SSSR count). The lowest BCUT2D eigenvalue weighted by atomic mass is 10.1. The lowest BCUT2D eigenvalue weighted by Crippen LogP contribution is -2.58. The van der Waals surface area contributed by atoms with Crippen LogP contribution in [0.1, 0.15) is 25.7 Å². The maximum atomic E-state index is 12.8. The molecule has 0 aliphatic rings. The van der Waals surface area contributed by atoms with Crippen molar-refractivity contribution < 1.29 is 33.9 Å². The van der Waals surface area contributed by atoms with Crippen molar-refractivity contribution in [2.45, 2.75) is 49.9 Å². The topological polar surface area (TPSA) is 237 Å². The quantitative estimate of drug-likeness (QED) is 0.106. The van der Waals surface area contributed by atoms with Crippen LogP contribution in [0.2, 0.25) is 0 Å². The van der Waals surface area contributed by atoms with Crippen LogP contribution in [0.25, 0.3) is 0 Å². The van der Waals surface area contributed by atoms with Crippen LogP contribution in [0, 0.1) is 0 Å². The summed E-state index contributed by atoms with van der Waals surface area (Å²) in [6, 6.07) is -5.10. The highest BCUT2D eigenvalue weighted by Crippen LogP contribution is 2.05. The summed E-state index contributed by atoms with van der Waals surface area (Å²) in [6.45, 7) is 0. The number of carboxylic acid groups (broad SMARTS) is 1. The lowest BCUT2D eigenvalue weighted by molar-refractivity contribution is -0.144. The molecule has 15 heteroatoms. The minimum atomic E-state index is -1.66. The Kier molecular flexibility index (Phi) is 14.9. The smallest absolute Gasteiger partial charge is 0.326 e. The number of amides is 5. The van der Waals surface area contributed by atoms with Crippen molar-refractivity contribution >= 4 is 59.0 Å². The van der Waals surface area contributed by atoms with Crippen molar-refractivity contribution in [2.75, 3.05) is 24.0 Å². The van der Waals surface area contributed by atoms with Crippen LogP contribution in [0.15, 0.2) is 0 Å². The first-order chi connectivity index (χ1) is 15.4. The van der Waals surface area contributed by atoms with Gasteiger partial charge in [-0.3, -0.25) is 24.0 Å². The molecule has 0 spiro atoms. The summed E-state index contributed by atoms with van der Waals surface area (Å²) < 4.78 is 0. The SMILES string of the molecule is CSCCC(N)C(=O)NC(CCSC)C(=O)NC(CC(N)=O)C(=O)NC(CC(N)=O)C(=O)O. The molecule has 0 saturated carbocycles. The molecule has 0 aliphatic carbocycles. The van der Waals surface area contributed by atoms with Crippen molar-refractivity contribution in [2.24, 2.45) is 17.2 Å². The Balaban J connectivity index is 5.45. The van der Waals surface area contributed by atoms with Gasteiger partial charge in [-0.25, -0.2) is 4.79 Å². The molecule has 4 unspecified atom stereocenters. The van der Waals surface area contributed by atoms with Gasteiger partial charge in [0.05, 0.1) is 18.9 Å². The van der Waals surface area contributed by atoms with E-state index in [0.29, 0.717) is 17.9 Å². The second-order valence-electron chi connectivity index (χ2n) is 7.03. The molecule has 5 amide bonds. The minimum absolute atomic E-state index is 0.207. The van der Waals surface area contributed by atoms with Crippen LogP contribution in [-0.2, 0) is 28.8 Å². The molecule has 0 bridgehead atoms. The summed E-state index contributed by atoms with van der Waals surface area (Å²) in [5, 5.41) is 16.1. The number of rotatable bonds is 17. The number of hydrogen-bond donors (Lipinski definition) is 7. The predicted octanol–water partition coefficient (Wildman–Crippen LogP) is -2.89. The van der Waals surface area contributed by atoms with E-state index in [1.165, 1.54) is 23.5 Å². The third-order valence-corrected chi connectivity index (χ3v) is 5.56. The zero-order chi connectivity index (χ0) is 25.6. The number of aliphatic carboxylic acids is 1. The molecule has 188 valence electrons. The minimum Gasteiger partial charge on any atom is -0.480 e. The molecule has 0 fully saturated rings. The highest BCUT2D eigenvalue weighted by Gasteiger charge is 2.31. The lowest BCUT2D eigenvalue weighted by Gasteiger charge is -2.24. The second kappa shape index (κ2) is 16.1. The van der Waals surface area contributed by atoms with E-state index in [4.69, 9.17) is 22.3 Å². The highest BCUT2D eigenvalue weighted by atomic mass is 32.2. The number of primary amides is 2. The molecular formula is C18H32N6O7S2. The number of carboxylic acids is 1. The van der Waals surface area contributed by atoms with Crippen LogP contribution in [0.5, 0.6) is 0 Å². The monoisotopic (exact) mass is 508 g/mol. The molecular weight excluding hydrogens is 476 g/mol. The van der Waals surface area contributed by atoms with Gasteiger partial charge in [-0.05, 0) is 36.9 Å². The summed E-state index contributed by atoms with van der Waals surface area (Å²) in [5.41, 5.74) is 16.0. The van der Waals surface area contributed by atoms with E-state index in [2.05, 4.69) is 10.6 Å². The third kappa shape index (κ3) is 12.9. The van der Waals surface area contributed by atoms with Crippen molar-refractivity contribution in [1.82, 2.24) is 16.0 Å². The van der Waals surface area contributed by atoms with E-state index >= 15 is 0 Å². The number of nitrogens with two attached hydrogens (primary N) is 3. The molecule has 0 heterocycles. The highest BCUT2D eigenvalue weighted by molar-refractivity contribution is 7.98. The van der Waals surface area contributed by atoms with Gasteiger partial charge in [0.25, 0.3) is 0 Å². The van der Waals surface area contributed by atoms with Crippen LogP contribution >= 0.6 is 23.5 Å². The Labute approximate surface area is 200 Å². The zero-order valence-corrected chi connectivity index (χ0v) is 20.1. The molecule has 0 aromatic rings. The molecule has 0 saturated heterocycles. The van der Waals surface area contributed by atoms with Gasteiger partial charge in [0.2, 0.25) is 29.5 Å². The van der Waals surface area contributed by atoms with Gasteiger partial charge in [0.1, 0.15) is 18.1 Å². The standard InChI is InChI=1S/C18H32N6O7S2/c1-32-5-3-9(19)15(27)22-10(4-6-33-2)16(28)23-11(7-13(20)25)17(29)24-12(18(30)31)8-14(21)26/h9-12H,3-8,19H2,1-2H3,(H2,20,25)(H2,21,26)(H,22,27)(H,23,28)(H,24,29)(H,30,31). The summed E-state index contributed by atoms with van der Waals surface area (Å²) >= 11 is 2.93. The van der Waals surface area contributed by atoms with Crippen LogP contribution in [0.3, 0.4) is 0 Å². The molecule has 4 atom stereocenters. The number of carbonyl (C=O) groups is 6. The molecule has 0 radical (unpaired) electrons. The molecule has 33 heavy (non-hydrogen) atoms. The Bertz CT molecular complexity index is 724. The summed E-state index contributed by atoms with van der Waals surface area (Å²) in [4.78, 5) is 71.4. The van der Waals surface area contributed by atoms with Gasteiger partial charge in [0, 0.05) is 0 Å². The fourth-order valence-corrected chi connectivity index (χ4v) is 3.48. The molecule has 0 aromatic carbocycles. The van der Waals surface area contributed by atoms with Gasteiger partial charge in [-0.15, -0.1) is 0 Å². The van der Waals surface area contributed by atoms with Gasteiger partial charge in [-0.2, -0.15) is 23.5 Å². The predicted molar refractivity (Wildman–Crippen MR) is 125 cm³/mol. The van der Waals surface area contributed by atoms with E-state index in [9.17, 15) is 28.8 Å². The molecule has 0 aliphatic heterocycles. The van der Waals surface area contributed by atoms with Gasteiger partial charge in [-0.1, -0.05) is 0 Å². The maximum Gasteiger partial charge on any atom is 0.326 e. The van der Waals surface area contributed by atoms with E-state index < -0.39 is 72.5 Å². The summed E-state index contributed by atoms with van der Waals surface area (Å²) in [7, 11) is 0. The van der Waals surface area contributed by atoms with Crippen molar-refractivity contribution in [3.8, 4) is 0 Å².